The zero-order chi connectivity index (χ0) is 14.3. The number of carbonyl (C=O) groups is 2. The van der Waals surface area contributed by atoms with Gasteiger partial charge in [-0.25, -0.2) is 4.79 Å². The number of nitrogens with zero attached hydrogens (tertiary/aromatic N) is 2. The summed E-state index contributed by atoms with van der Waals surface area (Å²) in [7, 11) is 1.68. The number of aromatic carboxylic acids is 1. The van der Waals surface area contributed by atoms with E-state index in [1.54, 1.807) is 25.8 Å². The Morgan fingerprint density at radius 3 is 2.47 bits per heavy atom. The second-order valence-corrected chi connectivity index (χ2v) is 4.87. The fourth-order valence-corrected chi connectivity index (χ4v) is 2.65. The van der Waals surface area contributed by atoms with Crippen LogP contribution in [0.5, 0.6) is 0 Å². The summed E-state index contributed by atoms with van der Waals surface area (Å²) < 4.78 is 1.31. The van der Waals surface area contributed by atoms with Crippen molar-refractivity contribution in [3.8, 4) is 0 Å². The molecule has 6 nitrogen and oxygen atoms in total. The van der Waals surface area contributed by atoms with Gasteiger partial charge in [0.1, 0.15) is 6.04 Å². The maximum atomic E-state index is 12.1. The first-order valence-electron chi connectivity index (χ1n) is 6.05. The van der Waals surface area contributed by atoms with Gasteiger partial charge >= 0.3 is 5.97 Å². The maximum Gasteiger partial charge on any atom is 0.337 e. The quantitative estimate of drug-likeness (QED) is 0.846. The summed E-state index contributed by atoms with van der Waals surface area (Å²) in [5.41, 5.74) is 0.534. The van der Waals surface area contributed by atoms with Gasteiger partial charge in [-0.1, -0.05) is 0 Å². The highest BCUT2D eigenvalue weighted by Gasteiger charge is 2.33. The molecule has 102 valence electrons. The van der Waals surface area contributed by atoms with Crippen LogP contribution in [0.1, 0.15) is 34.1 Å². The van der Waals surface area contributed by atoms with Gasteiger partial charge in [0.05, 0.1) is 5.56 Å². The molecule has 19 heavy (non-hydrogen) atoms. The number of hydrogen-bond donors (Lipinski definition) is 1. The molecule has 1 amide bonds. The highest BCUT2D eigenvalue weighted by atomic mass is 16.4. The lowest BCUT2D eigenvalue weighted by molar-refractivity contribution is -0.129. The van der Waals surface area contributed by atoms with E-state index in [0.717, 1.165) is 0 Å². The Bertz CT molecular complexity index is 618. The first kappa shape index (κ1) is 13.3. The second kappa shape index (κ2) is 4.53. The molecule has 1 atom stereocenters. The molecule has 0 bridgehead atoms. The molecule has 2 rings (SSSR count). The van der Waals surface area contributed by atoms with Crippen LogP contribution in [0.25, 0.3) is 0 Å². The number of carboxylic acid groups (broad SMARTS) is 1. The second-order valence-electron chi connectivity index (χ2n) is 4.87. The molecule has 6 heteroatoms. The molecule has 0 aliphatic carbocycles. The number of rotatable bonds is 2. The molecule has 1 aromatic rings. The van der Waals surface area contributed by atoms with E-state index in [2.05, 4.69) is 0 Å². The maximum absolute atomic E-state index is 12.1. The predicted octanol–water partition coefficient (Wildman–Crippen LogP) is 0.567. The predicted molar refractivity (Wildman–Crippen MR) is 68.4 cm³/mol. The number of carbonyl (C=O) groups excluding carboxylic acids is 1. The van der Waals surface area contributed by atoms with Crippen LogP contribution in [-0.4, -0.2) is 40.0 Å². The number of hydrogen-bond acceptors (Lipinski definition) is 3. The molecule has 0 saturated carbocycles. The Hall–Kier alpha value is -2.11. The molecule has 1 saturated heterocycles. The average molecular weight is 264 g/mol. The molecular formula is C13H16N2O4. The van der Waals surface area contributed by atoms with Crippen molar-refractivity contribution in [1.82, 2.24) is 9.47 Å². The molecular weight excluding hydrogens is 248 g/mol. The normalized spacial score (nSPS) is 19.0. The third kappa shape index (κ3) is 2.03. The molecule has 1 unspecified atom stereocenters. The molecule has 1 aliphatic heterocycles. The van der Waals surface area contributed by atoms with Gasteiger partial charge in [-0.15, -0.1) is 0 Å². The number of likely N-dealkylation sites (tertiary alicyclic amines) is 1. The topological polar surface area (TPSA) is 79.6 Å². The van der Waals surface area contributed by atoms with Crippen molar-refractivity contribution in [1.29, 1.82) is 0 Å². The lowest BCUT2D eigenvalue weighted by atomic mass is 10.1. The molecule has 0 spiro atoms. The summed E-state index contributed by atoms with van der Waals surface area (Å²) >= 11 is 0. The fourth-order valence-electron chi connectivity index (χ4n) is 2.65. The summed E-state index contributed by atoms with van der Waals surface area (Å²) in [5, 5.41) is 9.21. The fraction of sp³-hybridized carbons (Fsp3) is 0.462. The van der Waals surface area contributed by atoms with E-state index in [4.69, 9.17) is 0 Å². The average Bonchev–Trinajstić information content (AvgIpc) is 2.60. The van der Waals surface area contributed by atoms with Gasteiger partial charge in [0, 0.05) is 25.4 Å². The number of likely N-dealkylation sites (N-methyl/N-ethyl adjacent to an activating group) is 1. The SMILES string of the molecule is Cc1cc(=O)n(C2CCN(C)C2=O)c(C)c1C(=O)O. The van der Waals surface area contributed by atoms with Gasteiger partial charge in [0.2, 0.25) is 5.91 Å². The van der Waals surface area contributed by atoms with Gasteiger partial charge < -0.3 is 10.0 Å². The van der Waals surface area contributed by atoms with Crippen molar-refractivity contribution in [3.63, 3.8) is 0 Å². The largest absolute Gasteiger partial charge is 0.478 e. The monoisotopic (exact) mass is 264 g/mol. The minimum absolute atomic E-state index is 0.0990. The number of aryl methyl sites for hydroxylation is 1. The van der Waals surface area contributed by atoms with E-state index >= 15 is 0 Å². The van der Waals surface area contributed by atoms with Crippen molar-refractivity contribution in [3.05, 3.63) is 33.2 Å². The highest BCUT2D eigenvalue weighted by Crippen LogP contribution is 2.24. The van der Waals surface area contributed by atoms with Gasteiger partial charge in [-0.3, -0.25) is 14.2 Å². The van der Waals surface area contributed by atoms with Gasteiger partial charge in [0.25, 0.3) is 5.56 Å². The first-order chi connectivity index (χ1) is 8.84. The minimum atomic E-state index is -1.08. The zero-order valence-electron chi connectivity index (χ0n) is 11.1. The van der Waals surface area contributed by atoms with E-state index in [1.165, 1.54) is 10.6 Å². The van der Waals surface area contributed by atoms with Crippen LogP contribution in [-0.2, 0) is 4.79 Å². The van der Waals surface area contributed by atoms with Crippen LogP contribution in [0.2, 0.25) is 0 Å². The number of aromatic nitrogens is 1. The summed E-state index contributed by atoms with van der Waals surface area (Å²) in [6, 6.07) is 0.693. The minimum Gasteiger partial charge on any atom is -0.478 e. The number of carboxylic acids is 1. The van der Waals surface area contributed by atoms with Crippen LogP contribution in [0, 0.1) is 13.8 Å². The molecule has 0 radical (unpaired) electrons. The van der Waals surface area contributed by atoms with E-state index in [9.17, 15) is 19.5 Å². The van der Waals surface area contributed by atoms with Crippen LogP contribution in [0.3, 0.4) is 0 Å². The van der Waals surface area contributed by atoms with E-state index in [1.807, 2.05) is 0 Å². The number of pyridine rings is 1. The molecule has 0 aromatic carbocycles. The Morgan fingerprint density at radius 2 is 2.00 bits per heavy atom. The molecule has 1 fully saturated rings. The Balaban J connectivity index is 2.65. The van der Waals surface area contributed by atoms with Gasteiger partial charge in [-0.05, 0) is 25.8 Å². The van der Waals surface area contributed by atoms with E-state index in [-0.39, 0.29) is 17.0 Å². The summed E-state index contributed by atoms with van der Waals surface area (Å²) in [6.07, 6.45) is 0.526. The highest BCUT2D eigenvalue weighted by molar-refractivity contribution is 5.91. The van der Waals surface area contributed by atoms with Crippen LogP contribution < -0.4 is 5.56 Å². The smallest absolute Gasteiger partial charge is 0.337 e. The molecule has 1 aliphatic rings. The van der Waals surface area contributed by atoms with Crippen molar-refractivity contribution < 1.29 is 14.7 Å². The van der Waals surface area contributed by atoms with E-state index in [0.29, 0.717) is 24.2 Å². The van der Waals surface area contributed by atoms with Gasteiger partial charge in [0.15, 0.2) is 0 Å². The summed E-state index contributed by atoms with van der Waals surface area (Å²) in [6.45, 7) is 3.74. The Labute approximate surface area is 110 Å². The van der Waals surface area contributed by atoms with E-state index < -0.39 is 12.0 Å². The van der Waals surface area contributed by atoms with Crippen LogP contribution >= 0.6 is 0 Å². The molecule has 2 heterocycles. The van der Waals surface area contributed by atoms with Crippen LogP contribution in [0.4, 0.5) is 0 Å². The van der Waals surface area contributed by atoms with Crippen molar-refractivity contribution in [2.75, 3.05) is 13.6 Å². The van der Waals surface area contributed by atoms with Crippen molar-refractivity contribution >= 4 is 11.9 Å². The van der Waals surface area contributed by atoms with Crippen LogP contribution in [0.15, 0.2) is 10.9 Å². The zero-order valence-corrected chi connectivity index (χ0v) is 11.1. The first-order valence-corrected chi connectivity index (χ1v) is 6.05. The van der Waals surface area contributed by atoms with Crippen molar-refractivity contribution in [2.24, 2.45) is 0 Å². The standard InChI is InChI=1S/C13H16N2O4/c1-7-6-10(16)15(8(2)11(7)13(18)19)9-4-5-14(3)12(9)17/h6,9H,4-5H2,1-3H3,(H,18,19). The van der Waals surface area contributed by atoms with Crippen molar-refractivity contribution in [2.45, 2.75) is 26.3 Å². The van der Waals surface area contributed by atoms with Gasteiger partial charge in [-0.2, -0.15) is 0 Å². The number of amides is 1. The summed E-state index contributed by atoms with van der Waals surface area (Å²) in [5.74, 6) is -1.23. The summed E-state index contributed by atoms with van der Waals surface area (Å²) in [4.78, 5) is 36.9. The lowest BCUT2D eigenvalue weighted by Gasteiger charge is -2.18. The third-order valence-electron chi connectivity index (χ3n) is 3.62. The Morgan fingerprint density at radius 1 is 1.37 bits per heavy atom. The molecule has 1 aromatic heterocycles. The Kier molecular flexibility index (Phi) is 3.18. The molecule has 1 N–H and O–H groups in total. The third-order valence-corrected chi connectivity index (χ3v) is 3.62. The lowest BCUT2D eigenvalue weighted by Crippen LogP contribution is -2.33.